The lowest BCUT2D eigenvalue weighted by molar-refractivity contribution is 0.0681. The van der Waals surface area contributed by atoms with Crippen molar-refractivity contribution in [3.63, 3.8) is 0 Å². The number of benzene rings is 1. The summed E-state index contributed by atoms with van der Waals surface area (Å²) in [7, 11) is 0. The molecule has 25 heavy (non-hydrogen) atoms. The molecule has 3 aliphatic rings. The molecule has 1 heterocycles. The van der Waals surface area contributed by atoms with Crippen LogP contribution in [0.25, 0.3) is 0 Å². The molecular formula is C21H30ClNO2. The van der Waals surface area contributed by atoms with Gasteiger partial charge in [-0.25, -0.2) is 0 Å². The molecule has 1 aliphatic heterocycles. The SMILES string of the molecule is C.O=C(NCC12CCCC(CCC1)C2)c1cc(C[C@@H]2CO2)ccc1Cl. The Balaban J connectivity index is 0.00000182. The molecule has 1 atom stereocenters. The second kappa shape index (κ2) is 7.67. The average Bonchev–Trinajstić information content (AvgIpc) is 3.39. The lowest BCUT2D eigenvalue weighted by Crippen LogP contribution is -2.43. The van der Waals surface area contributed by atoms with Crippen molar-refractivity contribution in [3.8, 4) is 0 Å². The highest BCUT2D eigenvalue weighted by Gasteiger charge is 2.39. The fraction of sp³-hybridized carbons (Fsp3) is 0.667. The molecule has 4 rings (SSSR count). The smallest absolute Gasteiger partial charge is 0.252 e. The highest BCUT2D eigenvalue weighted by Crippen LogP contribution is 2.48. The Morgan fingerprint density at radius 2 is 2.00 bits per heavy atom. The lowest BCUT2D eigenvalue weighted by atomic mass is 9.62. The predicted molar refractivity (Wildman–Crippen MR) is 102 cm³/mol. The zero-order valence-corrected chi connectivity index (χ0v) is 14.9. The second-order valence-corrected chi connectivity index (χ2v) is 8.42. The van der Waals surface area contributed by atoms with Crippen molar-refractivity contribution in [2.45, 2.75) is 64.9 Å². The van der Waals surface area contributed by atoms with E-state index in [0.717, 1.165) is 31.1 Å². The Kier molecular flexibility index (Phi) is 5.75. The Morgan fingerprint density at radius 1 is 1.28 bits per heavy atom. The van der Waals surface area contributed by atoms with Crippen LogP contribution in [-0.2, 0) is 11.2 Å². The van der Waals surface area contributed by atoms with E-state index in [1.165, 1.54) is 44.9 Å². The normalized spacial score (nSPS) is 30.3. The number of halogens is 1. The van der Waals surface area contributed by atoms with Crippen LogP contribution in [0.2, 0.25) is 5.02 Å². The third kappa shape index (κ3) is 4.38. The minimum atomic E-state index is -0.0272. The third-order valence-electron chi connectivity index (χ3n) is 6.13. The maximum absolute atomic E-state index is 12.7. The van der Waals surface area contributed by atoms with Crippen LogP contribution in [0, 0.1) is 11.3 Å². The number of ether oxygens (including phenoxy) is 1. The number of amides is 1. The first-order valence-corrected chi connectivity index (χ1v) is 9.70. The molecule has 2 aliphatic carbocycles. The summed E-state index contributed by atoms with van der Waals surface area (Å²) in [6, 6.07) is 5.76. The Bertz CT molecular complexity index is 616. The number of rotatable bonds is 5. The van der Waals surface area contributed by atoms with Gasteiger partial charge in [0.25, 0.3) is 5.91 Å². The summed E-state index contributed by atoms with van der Waals surface area (Å²) >= 11 is 6.28. The van der Waals surface area contributed by atoms with E-state index in [9.17, 15) is 4.79 Å². The van der Waals surface area contributed by atoms with Crippen molar-refractivity contribution in [1.29, 1.82) is 0 Å². The van der Waals surface area contributed by atoms with E-state index >= 15 is 0 Å². The van der Waals surface area contributed by atoms with Gasteiger partial charge in [0.15, 0.2) is 0 Å². The van der Waals surface area contributed by atoms with Gasteiger partial charge in [-0.3, -0.25) is 4.79 Å². The lowest BCUT2D eigenvalue weighted by Gasteiger charge is -2.45. The Morgan fingerprint density at radius 3 is 2.68 bits per heavy atom. The second-order valence-electron chi connectivity index (χ2n) is 8.01. The summed E-state index contributed by atoms with van der Waals surface area (Å²) in [6.45, 7) is 1.63. The number of hydrogen-bond donors (Lipinski definition) is 1. The molecule has 138 valence electrons. The number of nitrogens with one attached hydrogen (secondary N) is 1. The molecule has 0 radical (unpaired) electrons. The third-order valence-corrected chi connectivity index (χ3v) is 6.46. The van der Waals surface area contributed by atoms with E-state index in [1.807, 2.05) is 18.2 Å². The van der Waals surface area contributed by atoms with Crippen molar-refractivity contribution in [2.24, 2.45) is 11.3 Å². The monoisotopic (exact) mass is 363 g/mol. The molecule has 3 fully saturated rings. The van der Waals surface area contributed by atoms with Crippen LogP contribution in [0.15, 0.2) is 18.2 Å². The van der Waals surface area contributed by atoms with Crippen molar-refractivity contribution < 1.29 is 9.53 Å². The molecule has 3 nitrogen and oxygen atoms in total. The fourth-order valence-corrected chi connectivity index (χ4v) is 4.96. The van der Waals surface area contributed by atoms with Crippen LogP contribution in [0.4, 0.5) is 0 Å². The van der Waals surface area contributed by atoms with Crippen LogP contribution in [0.1, 0.15) is 68.3 Å². The first-order valence-electron chi connectivity index (χ1n) is 9.32. The zero-order chi connectivity index (χ0) is 16.6. The predicted octanol–water partition coefficient (Wildman–Crippen LogP) is 5.01. The van der Waals surface area contributed by atoms with Gasteiger partial charge in [-0.1, -0.05) is 50.8 Å². The van der Waals surface area contributed by atoms with Crippen LogP contribution < -0.4 is 5.32 Å². The number of carbonyl (C=O) groups is 1. The van der Waals surface area contributed by atoms with Gasteiger partial charge < -0.3 is 10.1 Å². The minimum absolute atomic E-state index is 0. The van der Waals surface area contributed by atoms with Gasteiger partial charge in [-0.15, -0.1) is 0 Å². The number of hydrogen-bond acceptors (Lipinski definition) is 2. The molecular weight excluding hydrogens is 334 g/mol. The molecule has 0 unspecified atom stereocenters. The van der Waals surface area contributed by atoms with E-state index in [2.05, 4.69) is 5.32 Å². The van der Waals surface area contributed by atoms with Gasteiger partial charge in [0.1, 0.15) is 0 Å². The molecule has 2 saturated carbocycles. The molecule has 1 aromatic carbocycles. The topological polar surface area (TPSA) is 41.6 Å². The Hall–Kier alpha value is -1.06. The molecule has 1 aromatic rings. The van der Waals surface area contributed by atoms with Gasteiger partial charge in [0.2, 0.25) is 0 Å². The maximum atomic E-state index is 12.7. The van der Waals surface area contributed by atoms with E-state index in [-0.39, 0.29) is 13.3 Å². The van der Waals surface area contributed by atoms with Crippen molar-refractivity contribution in [1.82, 2.24) is 5.32 Å². The van der Waals surface area contributed by atoms with E-state index in [1.54, 1.807) is 0 Å². The van der Waals surface area contributed by atoms with E-state index in [4.69, 9.17) is 16.3 Å². The summed E-state index contributed by atoms with van der Waals surface area (Å²) in [5.41, 5.74) is 2.07. The van der Waals surface area contributed by atoms with Crippen molar-refractivity contribution >= 4 is 17.5 Å². The summed E-state index contributed by atoms with van der Waals surface area (Å²) in [5.74, 6) is 0.857. The van der Waals surface area contributed by atoms with Gasteiger partial charge >= 0.3 is 0 Å². The summed E-state index contributed by atoms with van der Waals surface area (Å²) in [6.07, 6.45) is 10.4. The quantitative estimate of drug-likeness (QED) is 0.747. The molecule has 1 saturated heterocycles. The fourth-order valence-electron chi connectivity index (χ4n) is 4.76. The van der Waals surface area contributed by atoms with Gasteiger partial charge in [-0.05, 0) is 48.3 Å². The zero-order valence-electron chi connectivity index (χ0n) is 14.2. The molecule has 1 N–H and O–H groups in total. The molecule has 4 heteroatoms. The van der Waals surface area contributed by atoms with Gasteiger partial charge in [-0.2, -0.15) is 0 Å². The standard InChI is InChI=1S/C20H26ClNO2.CH4/c21-18-6-5-15(9-16-12-24-16)10-17(18)19(23)22-13-20-7-1-3-14(11-20)4-2-8-20;/h5-6,10,14,16H,1-4,7-9,11-13H2,(H,22,23);1H4/t14?,16-,20?;/m1./s1. The highest BCUT2D eigenvalue weighted by atomic mass is 35.5. The van der Waals surface area contributed by atoms with Gasteiger partial charge in [0, 0.05) is 13.0 Å². The summed E-state index contributed by atoms with van der Waals surface area (Å²) < 4.78 is 5.28. The largest absolute Gasteiger partial charge is 0.373 e. The molecule has 0 aromatic heterocycles. The van der Waals surface area contributed by atoms with E-state index < -0.39 is 0 Å². The van der Waals surface area contributed by atoms with Crippen molar-refractivity contribution in [3.05, 3.63) is 34.3 Å². The minimum Gasteiger partial charge on any atom is -0.373 e. The molecule has 1 amide bonds. The van der Waals surface area contributed by atoms with Crippen LogP contribution in [-0.4, -0.2) is 25.2 Å². The van der Waals surface area contributed by atoms with Crippen molar-refractivity contribution in [2.75, 3.05) is 13.2 Å². The molecule has 0 spiro atoms. The van der Waals surface area contributed by atoms with Gasteiger partial charge in [0.05, 0.1) is 23.3 Å². The average molecular weight is 364 g/mol. The van der Waals surface area contributed by atoms with Crippen LogP contribution in [0.3, 0.4) is 0 Å². The first kappa shape index (κ1) is 18.7. The summed E-state index contributed by atoms with van der Waals surface area (Å²) in [4.78, 5) is 12.7. The number of fused-ring (bicyclic) bond motifs is 2. The maximum Gasteiger partial charge on any atom is 0.252 e. The number of epoxide rings is 1. The highest BCUT2D eigenvalue weighted by molar-refractivity contribution is 6.33. The molecule has 2 bridgehead atoms. The summed E-state index contributed by atoms with van der Waals surface area (Å²) in [5, 5.41) is 3.73. The number of carbonyl (C=O) groups excluding carboxylic acids is 1. The Labute approximate surface area is 156 Å². The van der Waals surface area contributed by atoms with Crippen LogP contribution >= 0.6 is 11.6 Å². The van der Waals surface area contributed by atoms with Crippen LogP contribution in [0.5, 0.6) is 0 Å². The first-order chi connectivity index (χ1) is 11.6. The van der Waals surface area contributed by atoms with E-state index in [0.29, 0.717) is 22.1 Å².